The van der Waals surface area contributed by atoms with Gasteiger partial charge in [0.1, 0.15) is 0 Å². The summed E-state index contributed by atoms with van der Waals surface area (Å²) in [4.78, 5) is 29.0. The number of ether oxygens (including phenoxy) is 2. The van der Waals surface area contributed by atoms with E-state index in [2.05, 4.69) is 83.5 Å². The van der Waals surface area contributed by atoms with E-state index >= 15 is 0 Å². The number of rotatable bonds is 11. The van der Waals surface area contributed by atoms with Crippen molar-refractivity contribution in [1.82, 2.24) is 0 Å². The first-order valence-electron chi connectivity index (χ1n) is 15.0. The van der Waals surface area contributed by atoms with Crippen molar-refractivity contribution in [3.63, 3.8) is 0 Å². The lowest BCUT2D eigenvalue weighted by Crippen LogP contribution is -2.39. The molecule has 0 aromatic heterocycles. The molecular formula is C36H40N2O4. The highest BCUT2D eigenvalue weighted by Crippen LogP contribution is 2.36. The van der Waals surface area contributed by atoms with E-state index in [1.54, 1.807) is 0 Å². The van der Waals surface area contributed by atoms with Crippen LogP contribution < -0.4 is 9.80 Å². The van der Waals surface area contributed by atoms with Gasteiger partial charge in [0.25, 0.3) is 0 Å². The summed E-state index contributed by atoms with van der Waals surface area (Å²) in [5.74, 6) is -0.399. The lowest BCUT2D eigenvalue weighted by Gasteiger charge is -2.38. The highest BCUT2D eigenvalue weighted by Gasteiger charge is 2.32. The van der Waals surface area contributed by atoms with Crippen LogP contribution in [0.1, 0.15) is 49.9 Å². The van der Waals surface area contributed by atoms with Gasteiger partial charge in [0.15, 0.2) is 0 Å². The van der Waals surface area contributed by atoms with E-state index in [4.69, 9.17) is 9.47 Å². The number of hydrogen-bond acceptors (Lipinski definition) is 6. The molecule has 1 aliphatic rings. The molecule has 1 saturated heterocycles. The van der Waals surface area contributed by atoms with E-state index in [1.807, 2.05) is 38.1 Å². The first kappa shape index (κ1) is 29.2. The molecule has 4 aromatic rings. The minimum absolute atomic E-state index is 0.129. The summed E-state index contributed by atoms with van der Waals surface area (Å²) in [6.45, 7) is 8.57. The Morgan fingerprint density at radius 2 is 1.40 bits per heavy atom. The van der Waals surface area contributed by atoms with Crippen LogP contribution in [0.4, 0.5) is 11.4 Å². The van der Waals surface area contributed by atoms with Crippen LogP contribution in [0, 0.1) is 0 Å². The molecule has 0 saturated carbocycles. The fourth-order valence-electron chi connectivity index (χ4n) is 6.09. The largest absolute Gasteiger partial charge is 0.466 e. The molecule has 6 heteroatoms. The first-order valence-corrected chi connectivity index (χ1v) is 15.0. The minimum Gasteiger partial charge on any atom is -0.466 e. The normalized spacial score (nSPS) is 15.4. The number of benzene rings is 4. The summed E-state index contributed by atoms with van der Waals surface area (Å²) in [6.07, 6.45) is 1.58. The zero-order valence-electron chi connectivity index (χ0n) is 24.8. The summed E-state index contributed by atoms with van der Waals surface area (Å²) in [5, 5.41) is 2.51. The third-order valence-corrected chi connectivity index (χ3v) is 8.09. The number of anilines is 2. The summed E-state index contributed by atoms with van der Waals surface area (Å²) in [7, 11) is 0. The monoisotopic (exact) mass is 564 g/mol. The molecule has 5 rings (SSSR count). The van der Waals surface area contributed by atoms with Crippen molar-refractivity contribution in [2.45, 2.75) is 52.1 Å². The van der Waals surface area contributed by atoms with E-state index in [0.717, 1.165) is 42.0 Å². The molecule has 0 unspecified atom stereocenters. The van der Waals surface area contributed by atoms with Crippen LogP contribution >= 0.6 is 0 Å². The maximum Gasteiger partial charge on any atom is 0.310 e. The van der Waals surface area contributed by atoms with Gasteiger partial charge in [-0.15, -0.1) is 0 Å². The smallest absolute Gasteiger partial charge is 0.310 e. The maximum atomic E-state index is 12.1. The summed E-state index contributed by atoms with van der Waals surface area (Å²) < 4.78 is 10.3. The summed E-state index contributed by atoms with van der Waals surface area (Å²) in [6, 6.07) is 32.2. The molecule has 6 nitrogen and oxygen atoms in total. The Hall–Kier alpha value is -4.32. The second-order valence-corrected chi connectivity index (χ2v) is 10.8. The van der Waals surface area contributed by atoms with Gasteiger partial charge in [-0.25, -0.2) is 0 Å². The van der Waals surface area contributed by atoms with E-state index in [9.17, 15) is 9.59 Å². The second-order valence-electron chi connectivity index (χ2n) is 10.8. The number of hydrogen-bond donors (Lipinski definition) is 0. The number of nitrogens with zero attached hydrogens (tertiary/aromatic N) is 2. The molecule has 2 atom stereocenters. The van der Waals surface area contributed by atoms with Gasteiger partial charge >= 0.3 is 11.9 Å². The molecule has 218 valence electrons. The highest BCUT2D eigenvalue weighted by molar-refractivity contribution is 5.86. The molecule has 0 radical (unpaired) electrons. The van der Waals surface area contributed by atoms with Gasteiger partial charge in [-0.2, -0.15) is 0 Å². The van der Waals surface area contributed by atoms with Crippen molar-refractivity contribution >= 4 is 34.1 Å². The summed E-state index contributed by atoms with van der Waals surface area (Å²) in [5.41, 5.74) is 5.51. The van der Waals surface area contributed by atoms with Gasteiger partial charge in [0.05, 0.1) is 32.1 Å². The van der Waals surface area contributed by atoms with Gasteiger partial charge in [-0.1, -0.05) is 66.7 Å². The van der Waals surface area contributed by atoms with Crippen molar-refractivity contribution < 1.29 is 19.1 Å². The highest BCUT2D eigenvalue weighted by atomic mass is 16.5. The Balaban J connectivity index is 1.40. The molecule has 1 heterocycles. The Kier molecular flexibility index (Phi) is 9.42. The molecule has 1 fully saturated rings. The molecule has 0 N–H and O–H groups in total. The van der Waals surface area contributed by atoms with Crippen molar-refractivity contribution in [3.8, 4) is 0 Å². The average Bonchev–Trinajstić information content (AvgIpc) is 3.48. The fourth-order valence-corrected chi connectivity index (χ4v) is 6.09. The molecular weight excluding hydrogens is 524 g/mol. The number of carbonyl (C=O) groups is 2. The Morgan fingerprint density at radius 1 is 0.810 bits per heavy atom. The average molecular weight is 565 g/mol. The van der Waals surface area contributed by atoms with Gasteiger partial charge in [-0.3, -0.25) is 9.59 Å². The number of carbonyl (C=O) groups excluding carboxylic acids is 2. The second kappa shape index (κ2) is 13.6. The third-order valence-electron chi connectivity index (χ3n) is 8.09. The summed E-state index contributed by atoms with van der Waals surface area (Å²) >= 11 is 0. The first-order chi connectivity index (χ1) is 20.5. The Morgan fingerprint density at radius 3 is 2.05 bits per heavy atom. The van der Waals surface area contributed by atoms with Gasteiger partial charge in [0.2, 0.25) is 0 Å². The molecule has 0 spiro atoms. The maximum absolute atomic E-state index is 12.1. The molecule has 1 aliphatic heterocycles. The van der Waals surface area contributed by atoms with E-state index in [1.165, 1.54) is 16.3 Å². The van der Waals surface area contributed by atoms with Crippen LogP contribution in [0.5, 0.6) is 0 Å². The van der Waals surface area contributed by atoms with Gasteiger partial charge in [-0.05, 0) is 78.9 Å². The Bertz CT molecular complexity index is 1490. The van der Waals surface area contributed by atoms with E-state index in [0.29, 0.717) is 19.6 Å². The van der Waals surface area contributed by atoms with Crippen LogP contribution in [0.2, 0.25) is 0 Å². The van der Waals surface area contributed by atoms with E-state index < -0.39 is 0 Å². The van der Waals surface area contributed by atoms with Crippen LogP contribution in [0.3, 0.4) is 0 Å². The van der Waals surface area contributed by atoms with Crippen molar-refractivity contribution in [3.05, 3.63) is 108 Å². The molecule has 0 amide bonds. The Labute approximate surface area is 248 Å². The zero-order chi connectivity index (χ0) is 29.5. The van der Waals surface area contributed by atoms with Gasteiger partial charge < -0.3 is 19.3 Å². The van der Waals surface area contributed by atoms with E-state index in [-0.39, 0.29) is 30.4 Å². The van der Waals surface area contributed by atoms with Crippen molar-refractivity contribution in [2.24, 2.45) is 0 Å². The standard InChI is InChI=1S/C36H40N2O4/c1-4-41-35(39)23-27-13-17-30(18-14-27)37-22-21-32(25-37)38(31-19-15-28(16-20-31)24-36(40)42-5-2)26(3)33-12-8-10-29-9-6-7-11-34(29)33/h6-20,26,32H,4-5,21-25H2,1-3H3/t26-,32+/m1/s1. The van der Waals surface area contributed by atoms with Crippen LogP contribution in [0.25, 0.3) is 10.8 Å². The molecule has 0 bridgehead atoms. The minimum atomic E-state index is -0.203. The predicted octanol–water partition coefficient (Wildman–Crippen LogP) is 6.90. The quantitative estimate of drug-likeness (QED) is 0.185. The molecule has 0 aliphatic carbocycles. The lowest BCUT2D eigenvalue weighted by molar-refractivity contribution is -0.143. The SMILES string of the molecule is CCOC(=O)Cc1ccc(N2CC[C@H](N(c3ccc(CC(=O)OCC)cc3)[C@H](C)c3cccc4ccccc34)C2)cc1. The topological polar surface area (TPSA) is 59.1 Å². The number of fused-ring (bicyclic) bond motifs is 1. The van der Waals surface area contributed by atoms with Crippen LogP contribution in [0.15, 0.2) is 91.0 Å². The third kappa shape index (κ3) is 6.76. The predicted molar refractivity (Wildman–Crippen MR) is 169 cm³/mol. The fraction of sp³-hybridized carbons (Fsp3) is 0.333. The lowest BCUT2D eigenvalue weighted by atomic mass is 9.96. The number of esters is 2. The van der Waals surface area contributed by atoms with Gasteiger partial charge in [0, 0.05) is 30.5 Å². The van der Waals surface area contributed by atoms with Crippen LogP contribution in [-0.4, -0.2) is 44.3 Å². The van der Waals surface area contributed by atoms with Crippen molar-refractivity contribution in [2.75, 3.05) is 36.1 Å². The van der Waals surface area contributed by atoms with Crippen molar-refractivity contribution in [1.29, 1.82) is 0 Å². The molecule has 4 aromatic carbocycles. The molecule has 42 heavy (non-hydrogen) atoms. The van der Waals surface area contributed by atoms with Crippen LogP contribution in [-0.2, 0) is 31.9 Å². The zero-order valence-corrected chi connectivity index (χ0v) is 24.8.